The Morgan fingerprint density at radius 3 is 1.48 bits per heavy atom. The van der Waals surface area contributed by atoms with Crippen LogP contribution in [0.15, 0.2) is 85.2 Å². The van der Waals surface area contributed by atoms with Crippen molar-refractivity contribution >= 4 is 40.8 Å². The molecule has 5 aromatic rings. The van der Waals surface area contributed by atoms with Gasteiger partial charge in [-0.05, 0) is 78.5 Å². The Labute approximate surface area is 255 Å². The number of amides is 2. The maximum atomic E-state index is 12.9. The molecule has 2 amide bonds. The summed E-state index contributed by atoms with van der Waals surface area (Å²) in [5.41, 5.74) is 23.6. The van der Waals surface area contributed by atoms with Crippen molar-refractivity contribution in [2.75, 3.05) is 27.8 Å². The molecule has 11 heteroatoms. The molecule has 0 saturated heterocycles. The van der Waals surface area contributed by atoms with E-state index in [9.17, 15) is 9.59 Å². The molecule has 11 nitrogen and oxygen atoms in total. The minimum Gasteiger partial charge on any atom is -0.369 e. The van der Waals surface area contributed by atoms with Crippen LogP contribution in [0.25, 0.3) is 22.3 Å². The quantitative estimate of drug-likeness (QED) is 0.170. The van der Waals surface area contributed by atoms with Gasteiger partial charge >= 0.3 is 5.95 Å². The van der Waals surface area contributed by atoms with E-state index in [1.807, 2.05) is 78.7 Å². The summed E-state index contributed by atoms with van der Waals surface area (Å²) in [6.07, 6.45) is 3.84. The lowest BCUT2D eigenvalue weighted by atomic mass is 10.1. The van der Waals surface area contributed by atoms with Crippen LogP contribution in [-0.4, -0.2) is 21.8 Å². The summed E-state index contributed by atoms with van der Waals surface area (Å²) in [5.74, 6) is 1.39. The second-order valence-corrected chi connectivity index (χ2v) is 10.2. The van der Waals surface area contributed by atoms with Crippen LogP contribution in [0.2, 0.25) is 0 Å². The van der Waals surface area contributed by atoms with Crippen molar-refractivity contribution in [2.24, 2.45) is 0 Å². The van der Waals surface area contributed by atoms with Gasteiger partial charge in [0.2, 0.25) is 11.6 Å². The first-order valence-corrected chi connectivity index (χ1v) is 14.2. The van der Waals surface area contributed by atoms with Gasteiger partial charge in [-0.2, -0.15) is 0 Å². The topological polar surface area (TPSA) is 170 Å². The van der Waals surface area contributed by atoms with E-state index in [0.29, 0.717) is 46.6 Å². The fraction of sp³-hybridized carbons (Fsp3) is 0.152. The first-order valence-electron chi connectivity index (χ1n) is 14.2. The summed E-state index contributed by atoms with van der Waals surface area (Å²) in [6, 6.07) is 21.2. The molecule has 8 N–H and O–H groups in total. The number of carbonyl (C=O) groups excluding carboxylic acids is 2. The molecule has 0 fully saturated rings. The standard InChI is InChI=1S/C33H33N9O2/c1-4-41-18-27(29(34)37-20(41)3)21-10-14-25(15-11-21)38-31(43)23-6-8-24(9-7-23)32(44)39-26-16-12-22(13-17-26)28-19-42(5-2)33(36)40-30(28)35/h6-19,34H,4-5H2,1-3H3,(H5,35,36,38,39,40,43,44)/p+2. The largest absolute Gasteiger partial charge is 0.391 e. The monoisotopic (exact) mass is 589 g/mol. The number of aryl methyl sites for hydroxylation is 3. The fourth-order valence-corrected chi connectivity index (χ4v) is 4.81. The zero-order chi connectivity index (χ0) is 31.4. The van der Waals surface area contributed by atoms with Crippen LogP contribution in [0.1, 0.15) is 40.4 Å². The van der Waals surface area contributed by atoms with Crippen molar-refractivity contribution in [3.05, 3.63) is 102 Å². The molecule has 0 aliphatic rings. The highest BCUT2D eigenvalue weighted by molar-refractivity contribution is 6.07. The molecular weight excluding hydrogens is 554 g/mol. The molecule has 0 aliphatic carbocycles. The van der Waals surface area contributed by atoms with Crippen LogP contribution in [0.3, 0.4) is 0 Å². The third-order valence-electron chi connectivity index (χ3n) is 7.35. The summed E-state index contributed by atoms with van der Waals surface area (Å²) in [5, 5.41) is 5.77. The third-order valence-corrected chi connectivity index (χ3v) is 7.35. The number of nitrogen functional groups attached to an aromatic ring is 3. The Morgan fingerprint density at radius 2 is 1.05 bits per heavy atom. The summed E-state index contributed by atoms with van der Waals surface area (Å²) in [4.78, 5) is 34.4. The minimum absolute atomic E-state index is 0.290. The molecule has 222 valence electrons. The molecule has 2 aromatic heterocycles. The van der Waals surface area contributed by atoms with E-state index in [1.54, 1.807) is 36.4 Å². The van der Waals surface area contributed by atoms with Gasteiger partial charge in [0.25, 0.3) is 17.6 Å². The number of rotatable bonds is 8. The van der Waals surface area contributed by atoms with Crippen LogP contribution in [0.5, 0.6) is 0 Å². The van der Waals surface area contributed by atoms with E-state index in [-0.39, 0.29) is 11.8 Å². The Morgan fingerprint density at radius 1 is 0.636 bits per heavy atom. The van der Waals surface area contributed by atoms with Gasteiger partial charge in [0, 0.05) is 29.4 Å². The number of anilines is 5. The van der Waals surface area contributed by atoms with Crippen LogP contribution in [-0.2, 0) is 13.1 Å². The van der Waals surface area contributed by atoms with Gasteiger partial charge < -0.3 is 22.1 Å². The van der Waals surface area contributed by atoms with E-state index in [1.165, 1.54) is 0 Å². The number of nitrogens with one attached hydrogen (secondary N) is 2. The molecule has 3 aromatic carbocycles. The average molecular weight is 590 g/mol. The molecule has 0 radical (unpaired) electrons. The van der Waals surface area contributed by atoms with Gasteiger partial charge in [-0.25, -0.2) is 9.13 Å². The highest BCUT2D eigenvalue weighted by atomic mass is 16.2. The van der Waals surface area contributed by atoms with E-state index < -0.39 is 0 Å². The lowest BCUT2D eigenvalue weighted by Gasteiger charge is -2.10. The smallest absolute Gasteiger partial charge is 0.369 e. The van der Waals surface area contributed by atoms with Crippen LogP contribution in [0.4, 0.5) is 29.0 Å². The maximum absolute atomic E-state index is 12.9. The first kappa shape index (κ1) is 29.6. The molecule has 0 aliphatic heterocycles. The van der Waals surface area contributed by atoms with E-state index >= 15 is 0 Å². The van der Waals surface area contributed by atoms with Crippen molar-refractivity contribution in [1.82, 2.24) is 9.97 Å². The first-order chi connectivity index (χ1) is 21.2. The SMILES string of the molecule is CC[n+]1cc(-c2ccc(NC(=O)c3ccc(C(=O)Nc4ccc(-c5c[n+](CC)c(N)nc5N)cc4)cc3)cc2)c(N)nc1C. The van der Waals surface area contributed by atoms with Gasteiger partial charge in [0.1, 0.15) is 6.20 Å². The molecular formula is C33H35N9O2+2. The summed E-state index contributed by atoms with van der Waals surface area (Å²) in [6.45, 7) is 7.38. The zero-order valence-electron chi connectivity index (χ0n) is 24.8. The Balaban J connectivity index is 1.21. The number of nitrogens with two attached hydrogens (primary N) is 3. The number of aromatic nitrogens is 4. The number of hydrogen-bond donors (Lipinski definition) is 5. The normalized spacial score (nSPS) is 10.8. The summed E-state index contributed by atoms with van der Waals surface area (Å²) >= 11 is 0. The van der Waals surface area contributed by atoms with Crippen molar-refractivity contribution in [3.8, 4) is 22.3 Å². The third kappa shape index (κ3) is 6.31. The Hall–Kier alpha value is -5.84. The molecule has 0 unspecified atom stereocenters. The van der Waals surface area contributed by atoms with E-state index in [4.69, 9.17) is 17.2 Å². The Kier molecular flexibility index (Phi) is 8.47. The van der Waals surface area contributed by atoms with E-state index in [0.717, 1.165) is 34.6 Å². The predicted molar refractivity (Wildman–Crippen MR) is 171 cm³/mol. The zero-order valence-corrected chi connectivity index (χ0v) is 24.8. The van der Waals surface area contributed by atoms with Crippen LogP contribution >= 0.6 is 0 Å². The van der Waals surface area contributed by atoms with Gasteiger partial charge in [-0.3, -0.25) is 15.3 Å². The van der Waals surface area contributed by atoms with Crippen molar-refractivity contribution in [2.45, 2.75) is 33.9 Å². The molecule has 0 atom stereocenters. The van der Waals surface area contributed by atoms with Gasteiger partial charge in [-0.1, -0.05) is 29.2 Å². The van der Waals surface area contributed by atoms with Crippen LogP contribution in [0, 0.1) is 6.92 Å². The Bertz CT molecular complexity index is 1700. The molecule has 44 heavy (non-hydrogen) atoms. The lowest BCUT2D eigenvalue weighted by molar-refractivity contribution is -0.701. The molecule has 0 saturated carbocycles. The molecule has 5 rings (SSSR count). The fourth-order valence-electron chi connectivity index (χ4n) is 4.81. The van der Waals surface area contributed by atoms with Gasteiger partial charge in [-0.15, -0.1) is 0 Å². The molecule has 0 spiro atoms. The van der Waals surface area contributed by atoms with Gasteiger partial charge in [0.15, 0.2) is 0 Å². The predicted octanol–water partition coefficient (Wildman–Crippen LogP) is 3.99. The van der Waals surface area contributed by atoms with Crippen molar-refractivity contribution in [1.29, 1.82) is 0 Å². The van der Waals surface area contributed by atoms with E-state index in [2.05, 4.69) is 20.6 Å². The number of benzene rings is 3. The average Bonchev–Trinajstić information content (AvgIpc) is 3.02. The highest BCUT2D eigenvalue weighted by Gasteiger charge is 2.17. The second-order valence-electron chi connectivity index (χ2n) is 10.2. The number of nitrogens with zero attached hydrogens (tertiary/aromatic N) is 4. The van der Waals surface area contributed by atoms with Gasteiger partial charge in [0.05, 0.1) is 30.4 Å². The molecule has 2 heterocycles. The summed E-state index contributed by atoms with van der Waals surface area (Å²) < 4.78 is 3.84. The van der Waals surface area contributed by atoms with Crippen LogP contribution < -0.4 is 37.0 Å². The van der Waals surface area contributed by atoms with Crippen molar-refractivity contribution in [3.63, 3.8) is 0 Å². The number of carbonyl (C=O) groups is 2. The second kappa shape index (κ2) is 12.6. The maximum Gasteiger partial charge on any atom is 0.391 e. The summed E-state index contributed by atoms with van der Waals surface area (Å²) in [7, 11) is 0. The number of hydrogen-bond acceptors (Lipinski definition) is 7. The lowest BCUT2D eigenvalue weighted by Crippen LogP contribution is -2.37. The minimum atomic E-state index is -0.299. The van der Waals surface area contributed by atoms with Crippen molar-refractivity contribution < 1.29 is 18.7 Å². The molecule has 0 bridgehead atoms. The highest BCUT2D eigenvalue weighted by Crippen LogP contribution is 2.26.